The average molecular weight is 282 g/mol. The summed E-state index contributed by atoms with van der Waals surface area (Å²) in [5.41, 5.74) is 4.69. The van der Waals surface area contributed by atoms with E-state index in [0.717, 1.165) is 23.5 Å². The number of ether oxygens (including phenoxy) is 1. The molecule has 3 N–H and O–H groups in total. The molecule has 0 unspecified atom stereocenters. The second-order valence-electron chi connectivity index (χ2n) is 4.79. The maximum absolute atomic E-state index is 5.76. The Morgan fingerprint density at radius 1 is 1.10 bits per heavy atom. The summed E-state index contributed by atoms with van der Waals surface area (Å²) < 4.78 is 5.76. The number of benzene rings is 2. The van der Waals surface area contributed by atoms with Crippen LogP contribution in [-0.2, 0) is 6.54 Å². The Hall–Kier alpha value is -2.53. The fraction of sp³-hybridized carbons (Fsp3) is 0.188. The first-order valence-electron chi connectivity index (χ1n) is 6.93. The van der Waals surface area contributed by atoms with Crippen LogP contribution in [0.2, 0.25) is 0 Å². The predicted molar refractivity (Wildman–Crippen MR) is 83.2 cm³/mol. The topological polar surface area (TPSA) is 62.9 Å². The zero-order chi connectivity index (χ0) is 14.5. The molecule has 0 saturated heterocycles. The van der Waals surface area contributed by atoms with E-state index in [9.17, 15) is 0 Å². The molecule has 0 fully saturated rings. The van der Waals surface area contributed by atoms with Gasteiger partial charge in [0.15, 0.2) is 0 Å². The summed E-state index contributed by atoms with van der Waals surface area (Å²) in [4.78, 5) is 6.65. The van der Waals surface area contributed by atoms with Gasteiger partial charge in [0.25, 0.3) is 0 Å². The van der Waals surface area contributed by atoms with Crippen LogP contribution >= 0.6 is 0 Å². The quantitative estimate of drug-likeness (QED) is 0.363. The van der Waals surface area contributed by atoms with Crippen molar-refractivity contribution in [2.45, 2.75) is 6.54 Å². The fourth-order valence-electron chi connectivity index (χ4n) is 2.33. The second kappa shape index (κ2) is 6.28. The van der Waals surface area contributed by atoms with E-state index < -0.39 is 0 Å². The number of hydrogen-bond donors (Lipinski definition) is 2. The van der Waals surface area contributed by atoms with E-state index in [2.05, 4.69) is 21.4 Å². The van der Waals surface area contributed by atoms with Crippen molar-refractivity contribution in [3.05, 3.63) is 60.2 Å². The van der Waals surface area contributed by atoms with E-state index in [-0.39, 0.29) is 0 Å². The number of nitrogens with one attached hydrogen (secondary N) is 1. The Kier molecular flexibility index (Phi) is 4.02. The molecule has 3 rings (SSSR count). The molecule has 21 heavy (non-hydrogen) atoms. The van der Waals surface area contributed by atoms with Gasteiger partial charge in [-0.05, 0) is 18.2 Å². The van der Waals surface area contributed by atoms with Crippen LogP contribution in [-0.4, -0.2) is 24.0 Å². The summed E-state index contributed by atoms with van der Waals surface area (Å²) in [5, 5.41) is 0. The number of hydrogen-bond acceptors (Lipinski definition) is 3. The monoisotopic (exact) mass is 282 g/mol. The summed E-state index contributed by atoms with van der Waals surface area (Å²) in [6.45, 7) is 2.04. The summed E-state index contributed by atoms with van der Waals surface area (Å²) in [6, 6.07) is 17.8. The third-order valence-electron chi connectivity index (χ3n) is 3.37. The van der Waals surface area contributed by atoms with Crippen molar-refractivity contribution < 1.29 is 4.74 Å². The lowest BCUT2D eigenvalue weighted by Crippen LogP contribution is -2.45. The first kappa shape index (κ1) is 13.5. The van der Waals surface area contributed by atoms with Crippen LogP contribution in [0.1, 0.15) is 5.56 Å². The molecule has 0 aliphatic carbocycles. The molecule has 2 aromatic rings. The Morgan fingerprint density at radius 3 is 2.67 bits per heavy atom. The lowest BCUT2D eigenvalue weighted by Gasteiger charge is -2.23. The molecule has 0 amide bonds. The molecule has 1 aliphatic rings. The van der Waals surface area contributed by atoms with Gasteiger partial charge in [0.2, 0.25) is 5.96 Å². The molecule has 0 radical (unpaired) electrons. The highest BCUT2D eigenvalue weighted by molar-refractivity contribution is 5.82. The maximum atomic E-state index is 5.76. The molecule has 0 bridgehead atoms. The normalized spacial score (nSPS) is 14.9. The van der Waals surface area contributed by atoms with Crippen molar-refractivity contribution >= 4 is 11.6 Å². The van der Waals surface area contributed by atoms with Crippen molar-refractivity contribution in [1.82, 2.24) is 10.3 Å². The van der Waals surface area contributed by atoms with Crippen molar-refractivity contribution in [1.29, 1.82) is 0 Å². The number of guanidine groups is 1. The van der Waals surface area contributed by atoms with Gasteiger partial charge in [0.05, 0.1) is 12.2 Å². The zero-order valence-corrected chi connectivity index (χ0v) is 11.7. The molecule has 108 valence electrons. The van der Waals surface area contributed by atoms with Gasteiger partial charge in [-0.3, -0.25) is 5.43 Å². The van der Waals surface area contributed by atoms with Crippen LogP contribution in [0.25, 0.3) is 0 Å². The molecule has 1 heterocycles. The van der Waals surface area contributed by atoms with Crippen LogP contribution in [0, 0.1) is 0 Å². The fourth-order valence-corrected chi connectivity index (χ4v) is 2.33. The van der Waals surface area contributed by atoms with Crippen LogP contribution in [0.5, 0.6) is 5.75 Å². The number of rotatable bonds is 1. The lowest BCUT2D eigenvalue weighted by molar-refractivity contribution is 0.286. The molecule has 5 heteroatoms. The van der Waals surface area contributed by atoms with Gasteiger partial charge >= 0.3 is 0 Å². The number of nitrogens with zero attached hydrogens (tertiary/aromatic N) is 2. The standard InChI is InChI=1S/C16H18N4O/c17-19-16(18-14-7-2-1-3-8-14)20-10-11-21-15-9-5-4-6-13(15)12-20/h1-9H,10-12,17H2,(H,18,19). The number of hydrazine groups is 1. The Labute approximate surface area is 124 Å². The summed E-state index contributed by atoms with van der Waals surface area (Å²) in [7, 11) is 0. The van der Waals surface area contributed by atoms with E-state index in [1.165, 1.54) is 0 Å². The summed E-state index contributed by atoms with van der Waals surface area (Å²) in [6.07, 6.45) is 0. The van der Waals surface area contributed by atoms with Gasteiger partial charge < -0.3 is 9.64 Å². The number of aliphatic imine (C=N–C) groups is 1. The Bertz CT molecular complexity index is 627. The van der Waals surface area contributed by atoms with E-state index >= 15 is 0 Å². The van der Waals surface area contributed by atoms with Crippen LogP contribution < -0.4 is 16.0 Å². The van der Waals surface area contributed by atoms with Crippen LogP contribution in [0.15, 0.2) is 59.6 Å². The van der Waals surface area contributed by atoms with E-state index in [0.29, 0.717) is 19.1 Å². The summed E-state index contributed by atoms with van der Waals surface area (Å²) in [5.74, 6) is 7.23. The van der Waals surface area contributed by atoms with Crippen molar-refractivity contribution in [2.75, 3.05) is 13.2 Å². The Morgan fingerprint density at radius 2 is 1.86 bits per heavy atom. The third kappa shape index (κ3) is 3.14. The highest BCUT2D eigenvalue weighted by atomic mass is 16.5. The second-order valence-corrected chi connectivity index (χ2v) is 4.79. The Balaban J connectivity index is 1.86. The third-order valence-corrected chi connectivity index (χ3v) is 3.37. The van der Waals surface area contributed by atoms with E-state index in [4.69, 9.17) is 10.6 Å². The average Bonchev–Trinajstić information content (AvgIpc) is 2.76. The number of fused-ring (bicyclic) bond motifs is 1. The molecule has 0 aromatic heterocycles. The van der Waals surface area contributed by atoms with Gasteiger partial charge in [0, 0.05) is 12.1 Å². The van der Waals surface area contributed by atoms with Crippen molar-refractivity contribution in [2.24, 2.45) is 10.8 Å². The predicted octanol–water partition coefficient (Wildman–Crippen LogP) is 2.03. The molecular weight excluding hydrogens is 264 g/mol. The van der Waals surface area contributed by atoms with Crippen LogP contribution in [0.3, 0.4) is 0 Å². The highest BCUT2D eigenvalue weighted by Crippen LogP contribution is 2.22. The van der Waals surface area contributed by atoms with Crippen LogP contribution in [0.4, 0.5) is 5.69 Å². The van der Waals surface area contributed by atoms with Crippen molar-refractivity contribution in [3.63, 3.8) is 0 Å². The number of nitrogens with two attached hydrogens (primary N) is 1. The van der Waals surface area contributed by atoms with Gasteiger partial charge in [-0.15, -0.1) is 0 Å². The smallest absolute Gasteiger partial charge is 0.214 e. The molecule has 1 aliphatic heterocycles. The molecule has 2 aromatic carbocycles. The first-order chi connectivity index (χ1) is 10.4. The minimum atomic E-state index is 0.604. The van der Waals surface area contributed by atoms with Gasteiger partial charge in [-0.2, -0.15) is 0 Å². The molecule has 5 nitrogen and oxygen atoms in total. The maximum Gasteiger partial charge on any atom is 0.214 e. The summed E-state index contributed by atoms with van der Waals surface area (Å²) >= 11 is 0. The van der Waals surface area contributed by atoms with E-state index in [1.54, 1.807) is 0 Å². The molecule has 0 spiro atoms. The molecular formula is C16H18N4O. The minimum Gasteiger partial charge on any atom is -0.491 e. The molecule has 0 saturated carbocycles. The van der Waals surface area contributed by atoms with Crippen molar-refractivity contribution in [3.8, 4) is 5.75 Å². The largest absolute Gasteiger partial charge is 0.491 e. The SMILES string of the molecule is NNC(=Nc1ccccc1)N1CCOc2ccccc2C1. The number of para-hydroxylation sites is 2. The van der Waals surface area contributed by atoms with E-state index in [1.807, 2.05) is 48.5 Å². The van der Waals surface area contributed by atoms with Gasteiger partial charge in [-0.25, -0.2) is 10.8 Å². The highest BCUT2D eigenvalue weighted by Gasteiger charge is 2.17. The first-order valence-corrected chi connectivity index (χ1v) is 6.93. The van der Waals surface area contributed by atoms with Gasteiger partial charge in [-0.1, -0.05) is 36.4 Å². The minimum absolute atomic E-state index is 0.604. The zero-order valence-electron chi connectivity index (χ0n) is 11.7. The molecule has 0 atom stereocenters. The van der Waals surface area contributed by atoms with Gasteiger partial charge in [0.1, 0.15) is 12.4 Å². The lowest BCUT2D eigenvalue weighted by atomic mass is 10.2.